The zero-order chi connectivity index (χ0) is 19.1. The summed E-state index contributed by atoms with van der Waals surface area (Å²) >= 11 is 0. The van der Waals surface area contributed by atoms with Gasteiger partial charge in [0.2, 0.25) is 0 Å². The van der Waals surface area contributed by atoms with Crippen molar-refractivity contribution < 1.29 is 19.4 Å². The zero-order valence-electron chi connectivity index (χ0n) is 15.1. The lowest BCUT2D eigenvalue weighted by Crippen LogP contribution is -2.47. The van der Waals surface area contributed by atoms with Gasteiger partial charge in [-0.1, -0.05) is 6.07 Å². The van der Waals surface area contributed by atoms with Gasteiger partial charge in [-0.25, -0.2) is 14.6 Å². The summed E-state index contributed by atoms with van der Waals surface area (Å²) in [5.41, 5.74) is 0.175. The first-order valence-corrected chi connectivity index (χ1v) is 9.06. The Morgan fingerprint density at radius 3 is 3.04 bits per heavy atom. The van der Waals surface area contributed by atoms with E-state index in [0.717, 1.165) is 32.5 Å². The molecular weight excluding hydrogens is 348 g/mol. The molecule has 1 aliphatic rings. The van der Waals surface area contributed by atoms with Crippen LogP contribution in [0.3, 0.4) is 0 Å². The zero-order valence-corrected chi connectivity index (χ0v) is 15.1. The number of urea groups is 1. The monoisotopic (exact) mass is 372 g/mol. The number of carboxylic acid groups (broad SMARTS) is 1. The number of hydrogen-bond acceptors (Lipinski definition) is 4. The first kappa shape index (κ1) is 18.8. The number of likely N-dealkylation sites (tertiary alicyclic amines) is 1. The number of carbonyl (C=O) groups is 2. The highest BCUT2D eigenvalue weighted by molar-refractivity contribution is 5.88. The molecule has 0 radical (unpaired) electrons. The second-order valence-corrected chi connectivity index (χ2v) is 6.63. The topological polar surface area (TPSA) is 96.7 Å². The van der Waals surface area contributed by atoms with Gasteiger partial charge in [0.05, 0.1) is 18.4 Å². The summed E-state index contributed by atoms with van der Waals surface area (Å²) in [4.78, 5) is 29.2. The Labute approximate surface area is 157 Å². The molecule has 1 atom stereocenters. The highest BCUT2D eigenvalue weighted by Crippen LogP contribution is 2.18. The highest BCUT2D eigenvalue weighted by atomic mass is 16.5. The third-order valence-electron chi connectivity index (χ3n) is 4.56. The molecule has 8 heteroatoms. The predicted molar refractivity (Wildman–Crippen MR) is 98.8 cm³/mol. The summed E-state index contributed by atoms with van der Waals surface area (Å²) in [6.07, 6.45) is 7.60. The number of aromatic nitrogens is 2. The van der Waals surface area contributed by atoms with E-state index < -0.39 is 5.97 Å². The van der Waals surface area contributed by atoms with E-state index in [9.17, 15) is 9.59 Å². The molecule has 1 aromatic heterocycles. The quantitative estimate of drug-likeness (QED) is 0.726. The molecule has 27 heavy (non-hydrogen) atoms. The summed E-state index contributed by atoms with van der Waals surface area (Å²) in [7, 11) is 0. The van der Waals surface area contributed by atoms with E-state index in [1.54, 1.807) is 24.7 Å². The Balaban J connectivity index is 1.40. The number of hydrogen-bond donors (Lipinski definition) is 2. The largest absolute Gasteiger partial charge is 0.492 e. The number of carboxylic acids is 1. The molecule has 2 heterocycles. The molecule has 1 fully saturated rings. The van der Waals surface area contributed by atoms with Crippen LogP contribution in [0.1, 0.15) is 23.2 Å². The third kappa shape index (κ3) is 5.47. The molecule has 0 aliphatic carbocycles. The molecule has 2 N–H and O–H groups in total. The molecule has 3 rings (SSSR count). The fraction of sp³-hybridized carbons (Fsp3) is 0.421. The Kier molecular flexibility index (Phi) is 6.30. The molecule has 0 saturated carbocycles. The number of imidazole rings is 1. The maximum Gasteiger partial charge on any atom is 0.335 e. The number of benzene rings is 1. The summed E-state index contributed by atoms with van der Waals surface area (Å²) in [5.74, 6) is -0.0969. The fourth-order valence-corrected chi connectivity index (χ4v) is 3.25. The first-order valence-electron chi connectivity index (χ1n) is 9.06. The van der Waals surface area contributed by atoms with Crippen LogP contribution >= 0.6 is 0 Å². The van der Waals surface area contributed by atoms with Crippen LogP contribution in [-0.2, 0) is 6.54 Å². The minimum absolute atomic E-state index is 0.0896. The van der Waals surface area contributed by atoms with Crippen molar-refractivity contribution >= 4 is 12.0 Å². The highest BCUT2D eigenvalue weighted by Gasteiger charge is 2.23. The van der Waals surface area contributed by atoms with Gasteiger partial charge in [-0.05, 0) is 37.0 Å². The standard InChI is InChI=1S/C19H24N4O4/c24-18(25)16-4-1-5-17(11-16)27-10-7-21-19(26)23-8-2-3-15(13-23)12-22-9-6-20-14-22/h1,4-6,9,11,14-15H,2-3,7-8,10,12-13H2,(H,21,26)(H,24,25). The SMILES string of the molecule is O=C(O)c1cccc(OCCNC(=O)N2CCCC(Cn3ccnc3)C2)c1. The van der Waals surface area contributed by atoms with Crippen LogP contribution in [0.4, 0.5) is 4.79 Å². The number of nitrogens with zero attached hydrogens (tertiary/aromatic N) is 3. The average Bonchev–Trinajstić information content (AvgIpc) is 3.18. The average molecular weight is 372 g/mol. The Hall–Kier alpha value is -3.03. The van der Waals surface area contributed by atoms with Crippen LogP contribution in [0.5, 0.6) is 5.75 Å². The number of amides is 2. The number of ether oxygens (including phenoxy) is 1. The van der Waals surface area contributed by atoms with Crippen molar-refractivity contribution in [3.05, 3.63) is 48.5 Å². The van der Waals surface area contributed by atoms with E-state index in [-0.39, 0.29) is 18.2 Å². The number of rotatable bonds is 7. The lowest BCUT2D eigenvalue weighted by Gasteiger charge is -2.33. The van der Waals surface area contributed by atoms with Crippen molar-refractivity contribution in [3.8, 4) is 5.75 Å². The van der Waals surface area contributed by atoms with Crippen LogP contribution in [0.2, 0.25) is 0 Å². The Morgan fingerprint density at radius 2 is 2.26 bits per heavy atom. The van der Waals surface area contributed by atoms with Gasteiger partial charge < -0.3 is 24.6 Å². The smallest absolute Gasteiger partial charge is 0.335 e. The van der Waals surface area contributed by atoms with Gasteiger partial charge in [0.1, 0.15) is 12.4 Å². The molecule has 8 nitrogen and oxygen atoms in total. The van der Waals surface area contributed by atoms with E-state index >= 15 is 0 Å². The van der Waals surface area contributed by atoms with Crippen LogP contribution in [0.15, 0.2) is 43.0 Å². The fourth-order valence-electron chi connectivity index (χ4n) is 3.25. The van der Waals surface area contributed by atoms with Gasteiger partial charge >= 0.3 is 12.0 Å². The van der Waals surface area contributed by atoms with Crippen molar-refractivity contribution in [1.29, 1.82) is 0 Å². The maximum absolute atomic E-state index is 12.4. The third-order valence-corrected chi connectivity index (χ3v) is 4.56. The molecule has 1 unspecified atom stereocenters. The van der Waals surface area contributed by atoms with Crippen LogP contribution < -0.4 is 10.1 Å². The molecule has 1 saturated heterocycles. The first-order chi connectivity index (χ1) is 13.1. The summed E-state index contributed by atoms with van der Waals surface area (Å²) in [6.45, 7) is 2.99. The summed E-state index contributed by atoms with van der Waals surface area (Å²) in [5, 5.41) is 11.8. The van der Waals surface area contributed by atoms with E-state index in [4.69, 9.17) is 9.84 Å². The van der Waals surface area contributed by atoms with Crippen LogP contribution in [0, 0.1) is 5.92 Å². The molecular formula is C19H24N4O4. The van der Waals surface area contributed by atoms with Crippen molar-refractivity contribution in [2.24, 2.45) is 5.92 Å². The van der Waals surface area contributed by atoms with Gasteiger partial charge in [-0.2, -0.15) is 0 Å². The number of aromatic carboxylic acids is 1. The van der Waals surface area contributed by atoms with Crippen molar-refractivity contribution in [2.75, 3.05) is 26.2 Å². The normalized spacial score (nSPS) is 16.7. The molecule has 0 spiro atoms. The van der Waals surface area contributed by atoms with Gasteiger partial charge in [-0.15, -0.1) is 0 Å². The molecule has 2 aromatic rings. The number of carbonyl (C=O) groups excluding carboxylic acids is 1. The predicted octanol–water partition coefficient (Wildman–Crippen LogP) is 2.08. The summed E-state index contributed by atoms with van der Waals surface area (Å²) < 4.78 is 7.57. The van der Waals surface area contributed by atoms with Crippen molar-refractivity contribution in [3.63, 3.8) is 0 Å². The second kappa shape index (κ2) is 9.07. The van der Waals surface area contributed by atoms with Crippen LogP contribution in [-0.4, -0.2) is 57.8 Å². The van der Waals surface area contributed by atoms with Gasteiger partial charge in [0.15, 0.2) is 0 Å². The van der Waals surface area contributed by atoms with E-state index in [1.807, 2.05) is 15.7 Å². The van der Waals surface area contributed by atoms with Crippen LogP contribution in [0.25, 0.3) is 0 Å². The van der Waals surface area contributed by atoms with Gasteiger partial charge in [0.25, 0.3) is 0 Å². The minimum atomic E-state index is -0.996. The minimum Gasteiger partial charge on any atom is -0.492 e. The lowest BCUT2D eigenvalue weighted by atomic mass is 9.98. The molecule has 1 aliphatic heterocycles. The van der Waals surface area contributed by atoms with Gasteiger partial charge in [0, 0.05) is 32.0 Å². The molecule has 1 aromatic carbocycles. The number of nitrogens with one attached hydrogen (secondary N) is 1. The van der Waals surface area contributed by atoms with Gasteiger partial charge in [-0.3, -0.25) is 0 Å². The van der Waals surface area contributed by atoms with Crippen molar-refractivity contribution in [1.82, 2.24) is 19.8 Å². The Bertz CT molecular complexity index is 763. The van der Waals surface area contributed by atoms with E-state index in [1.165, 1.54) is 12.1 Å². The lowest BCUT2D eigenvalue weighted by molar-refractivity contribution is 0.0696. The van der Waals surface area contributed by atoms with E-state index in [2.05, 4.69) is 10.3 Å². The summed E-state index contributed by atoms with van der Waals surface area (Å²) in [6, 6.07) is 6.21. The second-order valence-electron chi connectivity index (χ2n) is 6.63. The molecule has 0 bridgehead atoms. The van der Waals surface area contributed by atoms with Crippen molar-refractivity contribution in [2.45, 2.75) is 19.4 Å². The molecule has 144 valence electrons. The number of piperidine rings is 1. The molecule has 2 amide bonds. The van der Waals surface area contributed by atoms with E-state index in [0.29, 0.717) is 18.2 Å². The Morgan fingerprint density at radius 1 is 1.37 bits per heavy atom. The maximum atomic E-state index is 12.4.